The molecule has 0 N–H and O–H groups in total. The number of anilines is 1. The summed E-state index contributed by atoms with van der Waals surface area (Å²) in [4.78, 5) is 14.1. The lowest BCUT2D eigenvalue weighted by molar-refractivity contribution is 0.0987. The number of benzene rings is 2. The van der Waals surface area contributed by atoms with Crippen LogP contribution in [0.1, 0.15) is 17.3 Å². The lowest BCUT2D eigenvalue weighted by atomic mass is 10.1. The van der Waals surface area contributed by atoms with Crippen molar-refractivity contribution in [3.8, 4) is 0 Å². The standard InChI is InChI=1S/C15H13BrFNO/c1-2-18(12-6-4-3-5-7-12)15(19)13-9-8-11(17)10-14(13)16/h3-10H,2H2,1H3. The van der Waals surface area contributed by atoms with Crippen LogP contribution in [0.4, 0.5) is 10.1 Å². The predicted molar refractivity (Wildman–Crippen MR) is 77.9 cm³/mol. The van der Waals surface area contributed by atoms with Crippen molar-refractivity contribution in [3.63, 3.8) is 0 Å². The molecular formula is C15H13BrFNO. The Bertz CT molecular complexity index is 586. The molecule has 2 aromatic rings. The van der Waals surface area contributed by atoms with Crippen molar-refractivity contribution in [3.05, 3.63) is 64.4 Å². The van der Waals surface area contributed by atoms with E-state index in [0.717, 1.165) is 5.69 Å². The fourth-order valence-corrected chi connectivity index (χ4v) is 2.38. The van der Waals surface area contributed by atoms with Crippen molar-refractivity contribution < 1.29 is 9.18 Å². The van der Waals surface area contributed by atoms with Crippen LogP contribution >= 0.6 is 15.9 Å². The predicted octanol–water partition coefficient (Wildman–Crippen LogP) is 4.25. The van der Waals surface area contributed by atoms with E-state index in [1.54, 1.807) is 4.90 Å². The maximum Gasteiger partial charge on any atom is 0.259 e. The molecule has 2 aromatic carbocycles. The van der Waals surface area contributed by atoms with Crippen molar-refractivity contribution in [2.24, 2.45) is 0 Å². The Kier molecular flexibility index (Phi) is 4.32. The molecule has 0 aliphatic heterocycles. The smallest absolute Gasteiger partial charge is 0.259 e. The Morgan fingerprint density at radius 3 is 2.47 bits per heavy atom. The monoisotopic (exact) mass is 321 g/mol. The first-order valence-electron chi connectivity index (χ1n) is 5.95. The molecule has 2 nitrogen and oxygen atoms in total. The molecule has 0 aliphatic rings. The summed E-state index contributed by atoms with van der Waals surface area (Å²) in [6.07, 6.45) is 0. The summed E-state index contributed by atoms with van der Waals surface area (Å²) in [6.45, 7) is 2.45. The maximum atomic E-state index is 13.1. The molecule has 0 aliphatic carbocycles. The minimum absolute atomic E-state index is 0.152. The molecule has 19 heavy (non-hydrogen) atoms. The summed E-state index contributed by atoms with van der Waals surface area (Å²) in [5, 5.41) is 0. The second-order valence-corrected chi connectivity index (χ2v) is 4.86. The van der Waals surface area contributed by atoms with Crippen LogP contribution in [-0.2, 0) is 0 Å². The van der Waals surface area contributed by atoms with Gasteiger partial charge in [-0.15, -0.1) is 0 Å². The first-order valence-corrected chi connectivity index (χ1v) is 6.74. The van der Waals surface area contributed by atoms with Crippen molar-refractivity contribution in [1.82, 2.24) is 0 Å². The Hall–Kier alpha value is -1.68. The molecule has 4 heteroatoms. The van der Waals surface area contributed by atoms with E-state index >= 15 is 0 Å². The maximum absolute atomic E-state index is 13.1. The summed E-state index contributed by atoms with van der Waals surface area (Å²) in [6, 6.07) is 13.5. The molecule has 0 atom stereocenters. The van der Waals surface area contributed by atoms with Gasteiger partial charge in [-0.05, 0) is 53.2 Å². The van der Waals surface area contributed by atoms with Gasteiger partial charge >= 0.3 is 0 Å². The number of halogens is 2. The molecule has 98 valence electrons. The van der Waals surface area contributed by atoms with E-state index in [4.69, 9.17) is 0 Å². The van der Waals surface area contributed by atoms with Gasteiger partial charge in [0.15, 0.2) is 0 Å². The number of carbonyl (C=O) groups is 1. The minimum atomic E-state index is -0.369. The molecule has 0 heterocycles. The number of hydrogen-bond acceptors (Lipinski definition) is 1. The van der Waals surface area contributed by atoms with Crippen LogP contribution in [0.15, 0.2) is 53.0 Å². The van der Waals surface area contributed by atoms with Crippen molar-refractivity contribution in [1.29, 1.82) is 0 Å². The first kappa shape index (κ1) is 13.7. The average Bonchev–Trinajstić information content (AvgIpc) is 2.40. The fraction of sp³-hybridized carbons (Fsp3) is 0.133. The van der Waals surface area contributed by atoms with Gasteiger partial charge in [0, 0.05) is 16.7 Å². The van der Waals surface area contributed by atoms with Gasteiger partial charge in [-0.25, -0.2) is 4.39 Å². The highest BCUT2D eigenvalue weighted by atomic mass is 79.9. The number of nitrogens with zero attached hydrogens (tertiary/aromatic N) is 1. The topological polar surface area (TPSA) is 20.3 Å². The molecule has 0 bridgehead atoms. The summed E-state index contributed by atoms with van der Waals surface area (Å²) in [5.41, 5.74) is 1.28. The van der Waals surface area contributed by atoms with Crippen LogP contribution in [-0.4, -0.2) is 12.5 Å². The third kappa shape index (κ3) is 3.01. The molecule has 0 unspecified atom stereocenters. The van der Waals surface area contributed by atoms with Crippen LogP contribution in [0, 0.1) is 5.82 Å². The van der Waals surface area contributed by atoms with Crippen molar-refractivity contribution in [2.75, 3.05) is 11.4 Å². The minimum Gasteiger partial charge on any atom is -0.309 e. The molecule has 0 saturated carbocycles. The van der Waals surface area contributed by atoms with Gasteiger partial charge in [0.05, 0.1) is 5.56 Å². The van der Waals surface area contributed by atoms with Gasteiger partial charge in [0.25, 0.3) is 5.91 Å². The second kappa shape index (κ2) is 5.97. The van der Waals surface area contributed by atoms with Gasteiger partial charge in [-0.1, -0.05) is 18.2 Å². The Labute approximate surface area is 120 Å². The third-order valence-corrected chi connectivity index (χ3v) is 3.45. The van der Waals surface area contributed by atoms with Gasteiger partial charge in [-0.2, -0.15) is 0 Å². The van der Waals surface area contributed by atoms with Gasteiger partial charge in [0.1, 0.15) is 5.82 Å². The zero-order valence-electron chi connectivity index (χ0n) is 10.4. The SMILES string of the molecule is CCN(C(=O)c1ccc(F)cc1Br)c1ccccc1. The number of hydrogen-bond donors (Lipinski definition) is 0. The molecule has 0 fully saturated rings. The highest BCUT2D eigenvalue weighted by molar-refractivity contribution is 9.10. The molecule has 1 amide bonds. The first-order chi connectivity index (χ1) is 9.13. The van der Waals surface area contributed by atoms with Gasteiger partial charge in [-0.3, -0.25) is 4.79 Å². The highest BCUT2D eigenvalue weighted by Gasteiger charge is 2.18. The number of para-hydroxylation sites is 1. The average molecular weight is 322 g/mol. The van der Waals surface area contributed by atoms with Crippen molar-refractivity contribution >= 4 is 27.5 Å². The molecule has 2 rings (SSSR count). The van der Waals surface area contributed by atoms with Crippen LogP contribution < -0.4 is 4.90 Å². The van der Waals surface area contributed by atoms with E-state index in [9.17, 15) is 9.18 Å². The Balaban J connectivity index is 2.36. The zero-order valence-corrected chi connectivity index (χ0v) is 12.0. The number of carbonyl (C=O) groups excluding carboxylic acids is 1. The third-order valence-electron chi connectivity index (χ3n) is 2.79. The lowest BCUT2D eigenvalue weighted by Gasteiger charge is -2.21. The van der Waals surface area contributed by atoms with E-state index in [0.29, 0.717) is 16.6 Å². The van der Waals surface area contributed by atoms with E-state index in [-0.39, 0.29) is 11.7 Å². The van der Waals surface area contributed by atoms with E-state index in [1.165, 1.54) is 18.2 Å². The van der Waals surface area contributed by atoms with Gasteiger partial charge < -0.3 is 4.90 Å². The molecule has 0 aromatic heterocycles. The number of amides is 1. The Morgan fingerprint density at radius 2 is 1.89 bits per heavy atom. The second-order valence-electron chi connectivity index (χ2n) is 4.01. The van der Waals surface area contributed by atoms with E-state index in [1.807, 2.05) is 37.3 Å². The van der Waals surface area contributed by atoms with E-state index < -0.39 is 0 Å². The van der Waals surface area contributed by atoms with Gasteiger partial charge in [0.2, 0.25) is 0 Å². The van der Waals surface area contributed by atoms with Crippen LogP contribution in [0.2, 0.25) is 0 Å². The molecular weight excluding hydrogens is 309 g/mol. The molecule has 0 radical (unpaired) electrons. The lowest BCUT2D eigenvalue weighted by Crippen LogP contribution is -2.30. The van der Waals surface area contributed by atoms with Crippen LogP contribution in [0.3, 0.4) is 0 Å². The summed E-state index contributed by atoms with van der Waals surface area (Å²) in [7, 11) is 0. The van der Waals surface area contributed by atoms with Crippen LogP contribution in [0.25, 0.3) is 0 Å². The largest absolute Gasteiger partial charge is 0.309 e. The quantitative estimate of drug-likeness (QED) is 0.827. The number of rotatable bonds is 3. The fourth-order valence-electron chi connectivity index (χ4n) is 1.86. The highest BCUT2D eigenvalue weighted by Crippen LogP contribution is 2.22. The van der Waals surface area contributed by atoms with E-state index in [2.05, 4.69) is 15.9 Å². The normalized spacial score (nSPS) is 10.3. The molecule has 0 saturated heterocycles. The summed E-state index contributed by atoms with van der Waals surface area (Å²) in [5.74, 6) is -0.522. The van der Waals surface area contributed by atoms with Crippen molar-refractivity contribution in [2.45, 2.75) is 6.92 Å². The summed E-state index contributed by atoms with van der Waals surface area (Å²) < 4.78 is 13.5. The Morgan fingerprint density at radius 1 is 1.21 bits per heavy atom. The zero-order chi connectivity index (χ0) is 13.8. The summed E-state index contributed by atoms with van der Waals surface area (Å²) >= 11 is 3.23. The van der Waals surface area contributed by atoms with Crippen LogP contribution in [0.5, 0.6) is 0 Å². The molecule has 0 spiro atoms.